The minimum atomic E-state index is -4.70. The van der Waals surface area contributed by atoms with E-state index in [1.54, 1.807) is 6.92 Å². The molecule has 0 bridgehead atoms. The molecular weight excluding hydrogens is 277 g/mol. The van der Waals surface area contributed by atoms with Crippen LogP contribution in [0, 0.1) is 0 Å². The van der Waals surface area contributed by atoms with E-state index in [0.29, 0.717) is 6.54 Å². The Morgan fingerprint density at radius 1 is 1.45 bits per heavy atom. The number of anilines is 2. The largest absolute Gasteiger partial charge is 0.451 e. The van der Waals surface area contributed by atoms with E-state index >= 15 is 0 Å². The van der Waals surface area contributed by atoms with Crippen LogP contribution in [0.1, 0.15) is 12.7 Å². The van der Waals surface area contributed by atoms with Gasteiger partial charge in [-0.25, -0.2) is 15.8 Å². The van der Waals surface area contributed by atoms with Crippen LogP contribution in [0.4, 0.5) is 24.8 Å². The molecule has 0 spiro atoms. The summed E-state index contributed by atoms with van der Waals surface area (Å²) in [7, 11) is 1.44. The standard InChI is InChI=1S/C10H15F3N6O/c1-3-15-8(20)5-19(2)7-4-6(18-14)16-9(17-7)10(11,12)13/h4H,3,5,14H2,1-2H3,(H,15,20)(H,16,17,18). The van der Waals surface area contributed by atoms with Crippen LogP contribution in [-0.2, 0) is 11.0 Å². The quantitative estimate of drug-likeness (QED) is 0.535. The Kier molecular flexibility index (Phi) is 5.08. The van der Waals surface area contributed by atoms with E-state index in [1.807, 2.05) is 5.43 Å². The lowest BCUT2D eigenvalue weighted by Gasteiger charge is -2.19. The third-order valence-corrected chi connectivity index (χ3v) is 2.26. The van der Waals surface area contributed by atoms with Crippen LogP contribution in [0.3, 0.4) is 0 Å². The van der Waals surface area contributed by atoms with Crippen molar-refractivity contribution in [3.8, 4) is 0 Å². The second-order valence-electron chi connectivity index (χ2n) is 3.89. The maximum atomic E-state index is 12.6. The molecule has 0 aliphatic heterocycles. The molecule has 0 saturated carbocycles. The predicted octanol–water partition coefficient (Wildman–Crippen LogP) is 0.353. The van der Waals surface area contributed by atoms with Crippen LogP contribution in [0.25, 0.3) is 0 Å². The molecule has 1 amide bonds. The lowest BCUT2D eigenvalue weighted by molar-refractivity contribution is -0.144. The number of halogens is 3. The van der Waals surface area contributed by atoms with Gasteiger partial charge in [-0.05, 0) is 6.92 Å². The summed E-state index contributed by atoms with van der Waals surface area (Å²) < 4.78 is 37.9. The number of carbonyl (C=O) groups is 1. The highest BCUT2D eigenvalue weighted by molar-refractivity contribution is 5.80. The summed E-state index contributed by atoms with van der Waals surface area (Å²) in [6.45, 7) is 2.03. The van der Waals surface area contributed by atoms with Gasteiger partial charge in [-0.3, -0.25) is 4.79 Å². The van der Waals surface area contributed by atoms with Gasteiger partial charge in [0.15, 0.2) is 0 Å². The number of nitrogens with zero attached hydrogens (tertiary/aromatic N) is 3. The molecule has 0 atom stereocenters. The number of likely N-dealkylation sites (N-methyl/N-ethyl adjacent to an activating group) is 2. The van der Waals surface area contributed by atoms with Gasteiger partial charge in [0.2, 0.25) is 11.7 Å². The molecule has 0 fully saturated rings. The number of carbonyl (C=O) groups excluding carboxylic acids is 1. The topological polar surface area (TPSA) is 96.2 Å². The molecule has 1 aromatic rings. The zero-order valence-electron chi connectivity index (χ0n) is 11.0. The van der Waals surface area contributed by atoms with Crippen LogP contribution in [0.15, 0.2) is 6.07 Å². The van der Waals surface area contributed by atoms with E-state index in [1.165, 1.54) is 18.0 Å². The van der Waals surface area contributed by atoms with Crippen LogP contribution in [-0.4, -0.2) is 36.0 Å². The number of rotatable bonds is 5. The van der Waals surface area contributed by atoms with Crippen molar-refractivity contribution < 1.29 is 18.0 Å². The molecule has 1 rings (SSSR count). The van der Waals surface area contributed by atoms with Crippen molar-refractivity contribution in [1.29, 1.82) is 0 Å². The van der Waals surface area contributed by atoms with Crippen molar-refractivity contribution in [3.63, 3.8) is 0 Å². The summed E-state index contributed by atoms with van der Waals surface area (Å²) in [6.07, 6.45) is -4.70. The van der Waals surface area contributed by atoms with Crippen molar-refractivity contribution in [2.75, 3.05) is 30.5 Å². The number of hydrogen-bond donors (Lipinski definition) is 3. The number of aromatic nitrogens is 2. The van der Waals surface area contributed by atoms with Gasteiger partial charge >= 0.3 is 6.18 Å². The number of amides is 1. The van der Waals surface area contributed by atoms with Crippen LogP contribution >= 0.6 is 0 Å². The van der Waals surface area contributed by atoms with E-state index in [2.05, 4.69) is 15.3 Å². The Hall–Kier alpha value is -2.10. The second-order valence-corrected chi connectivity index (χ2v) is 3.89. The molecule has 4 N–H and O–H groups in total. The summed E-state index contributed by atoms with van der Waals surface area (Å²) in [6, 6.07) is 1.22. The number of nitrogens with two attached hydrogens (primary N) is 1. The number of nitrogens with one attached hydrogen (secondary N) is 2. The molecule has 1 aromatic heterocycles. The Labute approximate surface area is 113 Å². The monoisotopic (exact) mass is 292 g/mol. The zero-order chi connectivity index (χ0) is 15.3. The van der Waals surface area contributed by atoms with Crippen molar-refractivity contribution in [2.45, 2.75) is 13.1 Å². The van der Waals surface area contributed by atoms with Crippen molar-refractivity contribution in [2.24, 2.45) is 5.84 Å². The predicted molar refractivity (Wildman–Crippen MR) is 66.8 cm³/mol. The average molecular weight is 292 g/mol. The molecule has 0 unspecified atom stereocenters. The van der Waals surface area contributed by atoms with Crippen LogP contribution in [0.2, 0.25) is 0 Å². The zero-order valence-corrected chi connectivity index (χ0v) is 11.0. The number of hydrazine groups is 1. The summed E-state index contributed by atoms with van der Waals surface area (Å²) >= 11 is 0. The van der Waals surface area contributed by atoms with Gasteiger partial charge in [0.25, 0.3) is 0 Å². The van der Waals surface area contributed by atoms with Crippen molar-refractivity contribution in [3.05, 3.63) is 11.9 Å². The minimum absolute atomic E-state index is 0.0634. The average Bonchev–Trinajstić information content (AvgIpc) is 2.37. The summed E-state index contributed by atoms with van der Waals surface area (Å²) in [5, 5.41) is 2.53. The molecule has 20 heavy (non-hydrogen) atoms. The van der Waals surface area contributed by atoms with E-state index < -0.39 is 12.0 Å². The fraction of sp³-hybridized carbons (Fsp3) is 0.500. The highest BCUT2D eigenvalue weighted by Gasteiger charge is 2.35. The first-order valence-corrected chi connectivity index (χ1v) is 5.68. The summed E-state index contributed by atoms with van der Waals surface area (Å²) in [5.41, 5.74) is 2.03. The first kappa shape index (κ1) is 16.0. The minimum Gasteiger partial charge on any atom is -0.355 e. The van der Waals surface area contributed by atoms with Gasteiger partial charge in [0.05, 0.1) is 6.54 Å². The Morgan fingerprint density at radius 3 is 2.60 bits per heavy atom. The van der Waals surface area contributed by atoms with Gasteiger partial charge in [0, 0.05) is 19.7 Å². The number of nitrogen functional groups attached to an aromatic ring is 1. The molecule has 0 aliphatic rings. The second kappa shape index (κ2) is 6.37. The fourth-order valence-corrected chi connectivity index (χ4v) is 1.38. The molecule has 0 aliphatic carbocycles. The normalized spacial score (nSPS) is 11.1. The van der Waals surface area contributed by atoms with E-state index in [4.69, 9.17) is 5.84 Å². The molecular formula is C10H15F3N6O. The van der Waals surface area contributed by atoms with Gasteiger partial charge in [-0.15, -0.1) is 0 Å². The van der Waals surface area contributed by atoms with Crippen LogP contribution < -0.4 is 21.5 Å². The van der Waals surface area contributed by atoms with E-state index in [9.17, 15) is 18.0 Å². The fourth-order valence-electron chi connectivity index (χ4n) is 1.38. The highest BCUT2D eigenvalue weighted by atomic mass is 19.4. The molecule has 1 heterocycles. The maximum Gasteiger partial charge on any atom is 0.451 e. The highest BCUT2D eigenvalue weighted by Crippen LogP contribution is 2.28. The third kappa shape index (κ3) is 4.23. The summed E-state index contributed by atoms with van der Waals surface area (Å²) in [4.78, 5) is 19.3. The lowest BCUT2D eigenvalue weighted by atomic mass is 10.4. The smallest absolute Gasteiger partial charge is 0.355 e. The Bertz CT molecular complexity index is 479. The Morgan fingerprint density at radius 2 is 2.10 bits per heavy atom. The van der Waals surface area contributed by atoms with Crippen molar-refractivity contribution in [1.82, 2.24) is 15.3 Å². The number of alkyl halides is 3. The van der Waals surface area contributed by atoms with Gasteiger partial charge in [-0.2, -0.15) is 13.2 Å². The number of hydrogen-bond acceptors (Lipinski definition) is 6. The first-order chi connectivity index (χ1) is 9.27. The van der Waals surface area contributed by atoms with Gasteiger partial charge < -0.3 is 15.6 Å². The molecule has 112 valence electrons. The molecule has 10 heteroatoms. The molecule has 0 saturated heterocycles. The molecule has 7 nitrogen and oxygen atoms in total. The Balaban J connectivity index is 3.02. The van der Waals surface area contributed by atoms with Crippen LogP contribution in [0.5, 0.6) is 0 Å². The maximum absolute atomic E-state index is 12.6. The van der Waals surface area contributed by atoms with Gasteiger partial charge in [-0.1, -0.05) is 0 Å². The first-order valence-electron chi connectivity index (χ1n) is 5.68. The molecule has 0 aromatic carbocycles. The lowest BCUT2D eigenvalue weighted by Crippen LogP contribution is -2.35. The third-order valence-electron chi connectivity index (χ3n) is 2.26. The van der Waals surface area contributed by atoms with Crippen molar-refractivity contribution >= 4 is 17.5 Å². The summed E-state index contributed by atoms with van der Waals surface area (Å²) in [5.74, 6) is 3.16. The SMILES string of the molecule is CCNC(=O)CN(C)c1cc(NN)nc(C(F)(F)F)n1. The van der Waals surface area contributed by atoms with Gasteiger partial charge in [0.1, 0.15) is 11.6 Å². The van der Waals surface area contributed by atoms with E-state index in [0.717, 1.165) is 0 Å². The molecule has 0 radical (unpaired) electrons. The van der Waals surface area contributed by atoms with E-state index in [-0.39, 0.29) is 24.1 Å².